The van der Waals surface area contributed by atoms with Crippen molar-refractivity contribution in [2.24, 2.45) is 5.41 Å². The molecule has 0 bridgehead atoms. The van der Waals surface area contributed by atoms with Crippen molar-refractivity contribution in [1.29, 1.82) is 0 Å². The van der Waals surface area contributed by atoms with Crippen LogP contribution in [0.3, 0.4) is 0 Å². The molecule has 0 amide bonds. The van der Waals surface area contributed by atoms with Crippen LogP contribution in [0, 0.1) is 5.41 Å². The second-order valence-corrected chi connectivity index (χ2v) is 11.5. The van der Waals surface area contributed by atoms with Gasteiger partial charge in [-0.05, 0) is 80.1 Å². The molecule has 230 valence electrons. The zero-order valence-electron chi connectivity index (χ0n) is 25.6. The Labute approximate surface area is 249 Å². The highest BCUT2D eigenvalue weighted by Crippen LogP contribution is 2.43. The quantitative estimate of drug-likeness (QED) is 0.0988. The Morgan fingerprint density at radius 2 is 1.90 bits per heavy atom. The van der Waals surface area contributed by atoms with Gasteiger partial charge in [0.1, 0.15) is 5.69 Å². The summed E-state index contributed by atoms with van der Waals surface area (Å²) in [5.41, 5.74) is 6.48. The Bertz CT molecular complexity index is 1190. The van der Waals surface area contributed by atoms with Crippen molar-refractivity contribution < 1.29 is 17.6 Å². The van der Waals surface area contributed by atoms with Crippen molar-refractivity contribution in [2.45, 2.75) is 90.4 Å². The SMILES string of the molecule is C=CCCC/C=C/CC1(C)/C=C(/C(=C)C(C)(/C=C(\C=C/CC)C(F)F)c2ccc(C(C)(F)F)nc2)C(=C)NNCCC1. The van der Waals surface area contributed by atoms with Crippen LogP contribution in [0.4, 0.5) is 17.6 Å². The van der Waals surface area contributed by atoms with Crippen LogP contribution in [0.25, 0.3) is 0 Å². The number of hydrogen-bond donors (Lipinski definition) is 2. The molecule has 0 fully saturated rings. The second-order valence-electron chi connectivity index (χ2n) is 11.5. The third-order valence-electron chi connectivity index (χ3n) is 7.65. The average Bonchev–Trinajstić information content (AvgIpc) is 3.01. The number of hydrazine groups is 1. The fraction of sp³-hybridized carbons (Fsp3) is 0.457. The minimum atomic E-state index is -3.13. The number of pyridine rings is 1. The molecule has 3 nitrogen and oxygen atoms in total. The van der Waals surface area contributed by atoms with Gasteiger partial charge in [-0.15, -0.1) is 6.58 Å². The van der Waals surface area contributed by atoms with E-state index in [1.807, 2.05) is 13.0 Å². The van der Waals surface area contributed by atoms with Gasteiger partial charge in [0, 0.05) is 36.4 Å². The van der Waals surface area contributed by atoms with Gasteiger partial charge in [0.05, 0.1) is 0 Å². The Kier molecular flexibility index (Phi) is 13.2. The van der Waals surface area contributed by atoms with Gasteiger partial charge in [0.15, 0.2) is 0 Å². The number of nitrogens with one attached hydrogen (secondary N) is 2. The van der Waals surface area contributed by atoms with Gasteiger partial charge < -0.3 is 5.43 Å². The van der Waals surface area contributed by atoms with E-state index in [-0.39, 0.29) is 11.0 Å². The third kappa shape index (κ3) is 9.97. The van der Waals surface area contributed by atoms with Crippen LogP contribution in [-0.2, 0) is 11.3 Å². The molecule has 2 atom stereocenters. The second kappa shape index (κ2) is 15.9. The fourth-order valence-electron chi connectivity index (χ4n) is 4.96. The van der Waals surface area contributed by atoms with Gasteiger partial charge in [0.2, 0.25) is 0 Å². The molecule has 2 unspecified atom stereocenters. The first-order valence-electron chi connectivity index (χ1n) is 14.7. The number of aromatic nitrogens is 1. The largest absolute Gasteiger partial charge is 0.322 e. The van der Waals surface area contributed by atoms with Gasteiger partial charge in [-0.2, -0.15) is 8.78 Å². The fourth-order valence-corrected chi connectivity index (χ4v) is 4.96. The topological polar surface area (TPSA) is 37.0 Å². The molecule has 2 heterocycles. The van der Waals surface area contributed by atoms with Crippen molar-refractivity contribution in [2.75, 3.05) is 6.54 Å². The number of unbranched alkanes of at least 4 members (excludes halogenated alkanes) is 2. The van der Waals surface area contributed by atoms with Gasteiger partial charge in [0.25, 0.3) is 12.3 Å². The van der Waals surface area contributed by atoms with Crippen LogP contribution in [0.1, 0.15) is 83.9 Å². The maximum atomic E-state index is 14.3. The molecule has 1 aromatic heterocycles. The Hall–Kier alpha value is -3.19. The predicted molar refractivity (Wildman–Crippen MR) is 167 cm³/mol. The number of alkyl halides is 4. The summed E-state index contributed by atoms with van der Waals surface area (Å²) in [4.78, 5) is 4.01. The van der Waals surface area contributed by atoms with Crippen LogP contribution in [-0.4, -0.2) is 18.0 Å². The van der Waals surface area contributed by atoms with E-state index in [9.17, 15) is 17.6 Å². The van der Waals surface area contributed by atoms with Crippen molar-refractivity contribution in [3.63, 3.8) is 0 Å². The lowest BCUT2D eigenvalue weighted by atomic mass is 9.70. The molecule has 0 aliphatic carbocycles. The van der Waals surface area contributed by atoms with E-state index < -0.39 is 23.5 Å². The highest BCUT2D eigenvalue weighted by molar-refractivity contribution is 5.56. The van der Waals surface area contributed by atoms with E-state index in [0.29, 0.717) is 28.8 Å². The molecule has 0 radical (unpaired) electrons. The van der Waals surface area contributed by atoms with E-state index in [0.717, 1.165) is 52.0 Å². The van der Waals surface area contributed by atoms with Crippen LogP contribution in [0.15, 0.2) is 103 Å². The molecule has 1 aromatic rings. The van der Waals surface area contributed by atoms with E-state index >= 15 is 0 Å². The summed E-state index contributed by atoms with van der Waals surface area (Å²) in [5, 5.41) is 0. The van der Waals surface area contributed by atoms with Crippen LogP contribution < -0.4 is 10.9 Å². The van der Waals surface area contributed by atoms with Crippen molar-refractivity contribution in [1.82, 2.24) is 15.8 Å². The van der Waals surface area contributed by atoms with E-state index in [1.54, 1.807) is 13.0 Å². The molecule has 0 spiro atoms. The van der Waals surface area contributed by atoms with Crippen molar-refractivity contribution >= 4 is 0 Å². The molecule has 0 aromatic carbocycles. The summed E-state index contributed by atoms with van der Waals surface area (Å²) in [6, 6.07) is 2.76. The standard InChI is InChI=1S/C35H47F4N3/c1-8-10-12-13-14-15-20-33(5)21-16-22-41-42-27(4)30(24-33)26(3)34(6,23-28(32(36)37)17-11-9-2)29-18-19-31(40-25-29)35(7,38)39/h8,11,14-15,17-19,23-25,32,41-42H,1,3-4,9-10,12-13,16,20-22H2,2,5-7H3/b15-14+,17-11-,28-23+,30-24-. The molecule has 2 N–H and O–H groups in total. The Morgan fingerprint density at radius 3 is 2.50 bits per heavy atom. The lowest BCUT2D eigenvalue weighted by Crippen LogP contribution is -2.34. The maximum absolute atomic E-state index is 14.3. The summed E-state index contributed by atoms with van der Waals surface area (Å²) in [5.74, 6) is -3.13. The minimum absolute atomic E-state index is 0.184. The van der Waals surface area contributed by atoms with E-state index in [1.165, 1.54) is 30.5 Å². The lowest BCUT2D eigenvalue weighted by Gasteiger charge is -2.34. The molecular weight excluding hydrogens is 538 g/mol. The summed E-state index contributed by atoms with van der Waals surface area (Å²) < 4.78 is 56.5. The zero-order valence-corrected chi connectivity index (χ0v) is 25.6. The summed E-state index contributed by atoms with van der Waals surface area (Å²) >= 11 is 0. The van der Waals surface area contributed by atoms with Crippen molar-refractivity contribution in [3.8, 4) is 0 Å². The molecule has 0 saturated carbocycles. The molecular formula is C35H47F4N3. The third-order valence-corrected chi connectivity index (χ3v) is 7.65. The van der Waals surface area contributed by atoms with Gasteiger partial charge in [-0.1, -0.05) is 75.6 Å². The molecule has 0 saturated heterocycles. The minimum Gasteiger partial charge on any atom is -0.322 e. The molecule has 42 heavy (non-hydrogen) atoms. The van der Waals surface area contributed by atoms with E-state index in [4.69, 9.17) is 0 Å². The Balaban J connectivity index is 2.70. The summed E-state index contributed by atoms with van der Waals surface area (Å²) in [6.07, 6.45) is 17.7. The number of hydrogen-bond acceptors (Lipinski definition) is 3. The van der Waals surface area contributed by atoms with E-state index in [2.05, 4.69) is 60.7 Å². The zero-order chi connectivity index (χ0) is 31.4. The van der Waals surface area contributed by atoms with Crippen LogP contribution in [0.5, 0.6) is 0 Å². The summed E-state index contributed by atoms with van der Waals surface area (Å²) in [7, 11) is 0. The first-order chi connectivity index (χ1) is 19.8. The lowest BCUT2D eigenvalue weighted by molar-refractivity contribution is 0.0127. The van der Waals surface area contributed by atoms with Crippen molar-refractivity contribution in [3.05, 3.63) is 114 Å². The highest BCUT2D eigenvalue weighted by atomic mass is 19.3. The Morgan fingerprint density at radius 1 is 1.17 bits per heavy atom. The molecule has 1 aliphatic rings. The number of nitrogens with zero attached hydrogens (tertiary/aromatic N) is 1. The predicted octanol–water partition coefficient (Wildman–Crippen LogP) is 9.80. The number of halogens is 4. The van der Waals surface area contributed by atoms with Crippen LogP contribution in [0.2, 0.25) is 0 Å². The maximum Gasteiger partial charge on any atom is 0.286 e. The molecule has 2 rings (SSSR count). The molecule has 7 heteroatoms. The normalized spacial score (nSPS) is 21.8. The first-order valence-corrected chi connectivity index (χ1v) is 14.7. The smallest absolute Gasteiger partial charge is 0.286 e. The van der Waals surface area contributed by atoms with Gasteiger partial charge >= 0.3 is 0 Å². The molecule has 1 aliphatic heterocycles. The number of allylic oxidation sites excluding steroid dienone is 9. The highest BCUT2D eigenvalue weighted by Gasteiger charge is 2.35. The average molecular weight is 586 g/mol. The van der Waals surface area contributed by atoms with Gasteiger partial charge in [-0.3, -0.25) is 4.98 Å². The number of rotatable bonds is 14. The van der Waals surface area contributed by atoms with Gasteiger partial charge in [-0.25, -0.2) is 14.2 Å². The first kappa shape index (κ1) is 35.0. The monoisotopic (exact) mass is 585 g/mol. The summed E-state index contributed by atoms with van der Waals surface area (Å²) in [6.45, 7) is 19.7. The van der Waals surface area contributed by atoms with Crippen LogP contribution >= 0.6 is 0 Å².